The number of ether oxygens (including phenoxy) is 13. The molecule has 0 aliphatic carbocycles. The third kappa shape index (κ3) is 40.0. The number of carbonyl (C=O) groups excluding carboxylic acids is 1. The molecule has 1 aromatic carbocycles. The number of alkyl halides is 1. The molecule has 16 heteroatoms. The Labute approximate surface area is 328 Å². The fourth-order valence-corrected chi connectivity index (χ4v) is 4.36. The minimum absolute atomic E-state index is 0.236. The Morgan fingerprint density at radius 3 is 1.07 bits per heavy atom. The Morgan fingerprint density at radius 1 is 0.407 bits per heavy atom. The summed E-state index contributed by atoms with van der Waals surface area (Å²) in [4.78, 5) is 11.7. The third-order valence-corrected chi connectivity index (χ3v) is 7.26. The number of halogens is 1. The maximum atomic E-state index is 11.7. The second kappa shape index (κ2) is 44.0. The molecule has 1 amide bonds. The average molecular weight is 798 g/mol. The maximum Gasteiger partial charge on any atom is 0.407 e. The molecule has 15 nitrogen and oxygen atoms in total. The molecule has 1 N–H and O–H groups in total. The Bertz CT molecular complexity index is 880. The number of hydrogen-bond donors (Lipinski definition) is 1. The van der Waals surface area contributed by atoms with Crippen molar-refractivity contribution in [2.24, 2.45) is 0 Å². The lowest BCUT2D eigenvalue weighted by molar-refractivity contribution is -0.0283. The van der Waals surface area contributed by atoms with Crippen LogP contribution < -0.4 is 5.32 Å². The monoisotopic (exact) mass is 797 g/mol. The van der Waals surface area contributed by atoms with Crippen LogP contribution in [0.1, 0.15) is 31.2 Å². The summed E-state index contributed by atoms with van der Waals surface area (Å²) in [6.07, 6.45) is 4.01. The Kier molecular flexibility index (Phi) is 41.0. The summed E-state index contributed by atoms with van der Waals surface area (Å²) < 4.78 is 70.9. The van der Waals surface area contributed by atoms with E-state index in [2.05, 4.69) is 5.32 Å². The summed E-state index contributed by atoms with van der Waals surface area (Å²) >= 11 is 5.66. The molecule has 0 saturated carbocycles. The molecule has 0 aromatic heterocycles. The van der Waals surface area contributed by atoms with Crippen molar-refractivity contribution in [1.29, 1.82) is 0 Å². The van der Waals surface area contributed by atoms with Gasteiger partial charge in [-0.05, 0) is 18.4 Å². The van der Waals surface area contributed by atoms with E-state index in [1.807, 2.05) is 30.3 Å². The number of hydrogen-bond acceptors (Lipinski definition) is 14. The van der Waals surface area contributed by atoms with Crippen LogP contribution in [0.4, 0.5) is 4.79 Å². The SMILES string of the molecule is O=C(NCCOCCOCCOCCOCCOCCOCCOCCOCCOCCOCCOCCOCCCCCCCl)OCc1ccccc1. The average Bonchev–Trinajstić information content (AvgIpc) is 3.19. The zero-order chi connectivity index (χ0) is 38.5. The van der Waals surface area contributed by atoms with E-state index in [1.165, 1.54) is 6.42 Å². The van der Waals surface area contributed by atoms with Gasteiger partial charge in [0.15, 0.2) is 0 Å². The number of amides is 1. The Morgan fingerprint density at radius 2 is 0.722 bits per heavy atom. The van der Waals surface area contributed by atoms with Crippen LogP contribution in [0.15, 0.2) is 30.3 Å². The summed E-state index contributed by atoms with van der Waals surface area (Å²) in [5, 5.41) is 2.64. The van der Waals surface area contributed by atoms with E-state index in [0.29, 0.717) is 159 Å². The predicted molar refractivity (Wildman–Crippen MR) is 204 cm³/mol. The van der Waals surface area contributed by atoms with Gasteiger partial charge in [-0.2, -0.15) is 0 Å². The van der Waals surface area contributed by atoms with Crippen molar-refractivity contribution < 1.29 is 66.4 Å². The van der Waals surface area contributed by atoms with Gasteiger partial charge in [-0.25, -0.2) is 4.79 Å². The van der Waals surface area contributed by atoms with Crippen LogP contribution in [0.25, 0.3) is 0 Å². The lowest BCUT2D eigenvalue weighted by Crippen LogP contribution is -2.28. The molecule has 0 bridgehead atoms. The van der Waals surface area contributed by atoms with E-state index < -0.39 is 6.09 Å². The number of alkyl carbamates (subject to hydrolysis) is 1. The summed E-state index contributed by atoms with van der Waals surface area (Å²) in [6.45, 7) is 12.9. The van der Waals surface area contributed by atoms with Crippen LogP contribution in [0.3, 0.4) is 0 Å². The van der Waals surface area contributed by atoms with Gasteiger partial charge >= 0.3 is 6.09 Å². The second-order valence-electron chi connectivity index (χ2n) is 11.4. The van der Waals surface area contributed by atoms with E-state index in [0.717, 1.165) is 37.3 Å². The summed E-state index contributed by atoms with van der Waals surface area (Å²) in [7, 11) is 0. The number of carbonyl (C=O) groups is 1. The van der Waals surface area contributed by atoms with Gasteiger partial charge in [-0.1, -0.05) is 43.2 Å². The maximum absolute atomic E-state index is 11.7. The van der Waals surface area contributed by atoms with Gasteiger partial charge in [0.25, 0.3) is 0 Å². The van der Waals surface area contributed by atoms with Crippen molar-refractivity contribution in [2.45, 2.75) is 32.3 Å². The van der Waals surface area contributed by atoms with Crippen LogP contribution in [0, 0.1) is 0 Å². The molecule has 0 aliphatic rings. The molecule has 1 aromatic rings. The van der Waals surface area contributed by atoms with E-state index in [1.54, 1.807) is 0 Å². The van der Waals surface area contributed by atoms with Gasteiger partial charge in [-0.3, -0.25) is 0 Å². The van der Waals surface area contributed by atoms with Gasteiger partial charge in [0.1, 0.15) is 6.61 Å². The van der Waals surface area contributed by atoms with Crippen molar-refractivity contribution >= 4 is 17.7 Å². The molecule has 0 heterocycles. The van der Waals surface area contributed by atoms with Crippen LogP contribution in [0.2, 0.25) is 0 Å². The number of benzene rings is 1. The summed E-state index contributed by atoms with van der Waals surface area (Å²) in [5.41, 5.74) is 0.937. The highest BCUT2D eigenvalue weighted by Gasteiger charge is 2.02. The molecule has 0 unspecified atom stereocenters. The second-order valence-corrected chi connectivity index (χ2v) is 11.8. The lowest BCUT2D eigenvalue weighted by atomic mass is 10.2. The third-order valence-electron chi connectivity index (χ3n) is 6.99. The van der Waals surface area contributed by atoms with Crippen molar-refractivity contribution in [3.05, 3.63) is 35.9 Å². The lowest BCUT2D eigenvalue weighted by Gasteiger charge is -2.09. The van der Waals surface area contributed by atoms with E-state index >= 15 is 0 Å². The topological polar surface area (TPSA) is 149 Å². The quantitative estimate of drug-likeness (QED) is 0.0752. The van der Waals surface area contributed by atoms with Gasteiger partial charge in [0.05, 0.1) is 152 Å². The number of rotatable bonds is 44. The molecule has 316 valence electrons. The minimum atomic E-state index is -0.470. The fraction of sp³-hybridized carbons (Fsp3) is 0.816. The molecular formula is C38H68ClNO14. The van der Waals surface area contributed by atoms with Crippen molar-refractivity contribution in [3.8, 4) is 0 Å². The first-order valence-electron chi connectivity index (χ1n) is 19.3. The Balaban J connectivity index is 1.62. The summed E-state index contributed by atoms with van der Waals surface area (Å²) in [5.74, 6) is 0.739. The highest BCUT2D eigenvalue weighted by atomic mass is 35.5. The van der Waals surface area contributed by atoms with Crippen molar-refractivity contribution in [3.63, 3.8) is 0 Å². The van der Waals surface area contributed by atoms with Gasteiger partial charge < -0.3 is 66.9 Å². The molecule has 1 rings (SSSR count). The number of unbranched alkanes of at least 4 members (excludes halogenated alkanes) is 3. The van der Waals surface area contributed by atoms with Gasteiger partial charge in [-0.15, -0.1) is 11.6 Å². The van der Waals surface area contributed by atoms with Crippen LogP contribution in [0.5, 0.6) is 0 Å². The van der Waals surface area contributed by atoms with E-state index in [9.17, 15) is 4.79 Å². The Hall–Kier alpha value is -1.70. The first kappa shape index (κ1) is 50.3. The zero-order valence-electron chi connectivity index (χ0n) is 32.4. The van der Waals surface area contributed by atoms with E-state index in [4.69, 9.17) is 73.2 Å². The highest BCUT2D eigenvalue weighted by molar-refractivity contribution is 6.17. The normalized spacial score (nSPS) is 11.4. The fourth-order valence-electron chi connectivity index (χ4n) is 4.17. The van der Waals surface area contributed by atoms with Crippen molar-refractivity contribution in [2.75, 3.05) is 171 Å². The minimum Gasteiger partial charge on any atom is -0.445 e. The molecular weight excluding hydrogens is 730 g/mol. The smallest absolute Gasteiger partial charge is 0.407 e. The molecule has 0 spiro atoms. The first-order chi connectivity index (χ1) is 26.8. The van der Waals surface area contributed by atoms with Gasteiger partial charge in [0.2, 0.25) is 0 Å². The molecule has 0 radical (unpaired) electrons. The predicted octanol–water partition coefficient (Wildman–Crippen LogP) is 3.91. The molecule has 0 aliphatic heterocycles. The van der Waals surface area contributed by atoms with Gasteiger partial charge in [0, 0.05) is 19.0 Å². The van der Waals surface area contributed by atoms with Crippen LogP contribution in [-0.2, 0) is 68.2 Å². The van der Waals surface area contributed by atoms with Crippen molar-refractivity contribution in [1.82, 2.24) is 5.32 Å². The largest absolute Gasteiger partial charge is 0.445 e. The first-order valence-corrected chi connectivity index (χ1v) is 19.8. The molecule has 0 atom stereocenters. The van der Waals surface area contributed by atoms with Crippen LogP contribution in [-0.4, -0.2) is 177 Å². The van der Waals surface area contributed by atoms with E-state index in [-0.39, 0.29) is 6.61 Å². The van der Waals surface area contributed by atoms with Crippen LogP contribution >= 0.6 is 11.6 Å². The number of nitrogens with one attached hydrogen (secondary N) is 1. The summed E-state index contributed by atoms with van der Waals surface area (Å²) in [6, 6.07) is 9.51. The molecule has 0 saturated heterocycles. The molecule has 0 fully saturated rings. The molecule has 54 heavy (non-hydrogen) atoms. The zero-order valence-corrected chi connectivity index (χ0v) is 33.2. The highest BCUT2D eigenvalue weighted by Crippen LogP contribution is 2.01. The standard InChI is InChI=1S/C38H68ClNO14/c39-10-6-1-2-7-12-42-14-16-44-18-20-46-22-24-48-26-28-50-30-32-52-34-35-53-33-31-51-29-27-49-25-23-47-21-19-45-17-15-43-13-11-40-38(41)54-36-37-8-4-3-5-9-37/h3-5,8-9H,1-2,6-7,10-36H2,(H,40,41).